The molecule has 1 amide bonds. The molecular weight excluding hydrogens is 366 g/mol. The van der Waals surface area contributed by atoms with Gasteiger partial charge in [-0.25, -0.2) is 4.79 Å². The minimum atomic E-state index is -0.990. The third-order valence-corrected chi connectivity index (χ3v) is 5.75. The highest BCUT2D eigenvalue weighted by Gasteiger charge is 2.19. The molecule has 0 aliphatic rings. The Balaban J connectivity index is 1.65. The lowest BCUT2D eigenvalue weighted by atomic mass is 10.2. The summed E-state index contributed by atoms with van der Waals surface area (Å²) in [7, 11) is 0. The maximum atomic E-state index is 12.0. The van der Waals surface area contributed by atoms with Crippen molar-refractivity contribution >= 4 is 35.4 Å². The molecule has 0 saturated carbocycles. The van der Waals surface area contributed by atoms with Gasteiger partial charge in [0.05, 0.1) is 0 Å². The Hall–Kier alpha value is -1.92. The molecule has 2 rings (SSSR count). The van der Waals surface area contributed by atoms with Crippen molar-refractivity contribution in [3.8, 4) is 0 Å². The van der Waals surface area contributed by atoms with Crippen LogP contribution in [0.3, 0.4) is 0 Å². The standard InChI is InChI=1S/C20H23NO3S2/c22-19(11-12-25-13-16-7-3-1-4-8-16)21-18(20(23)24)15-26-14-17-9-5-2-6-10-17/h1-10,18H,11-15H2,(H,21,22)(H,23,24)/t18-/m0/s1. The first-order chi connectivity index (χ1) is 12.6. The van der Waals surface area contributed by atoms with Gasteiger partial charge in [0.2, 0.25) is 5.91 Å². The largest absolute Gasteiger partial charge is 0.480 e. The molecule has 0 heterocycles. The zero-order valence-electron chi connectivity index (χ0n) is 14.5. The van der Waals surface area contributed by atoms with Crippen LogP contribution in [0.15, 0.2) is 60.7 Å². The van der Waals surface area contributed by atoms with Crippen LogP contribution in [0.2, 0.25) is 0 Å². The van der Waals surface area contributed by atoms with Crippen molar-refractivity contribution in [2.75, 3.05) is 11.5 Å². The van der Waals surface area contributed by atoms with Crippen molar-refractivity contribution in [1.29, 1.82) is 0 Å². The second-order valence-electron chi connectivity index (χ2n) is 5.75. The van der Waals surface area contributed by atoms with Crippen molar-refractivity contribution < 1.29 is 14.7 Å². The molecule has 0 radical (unpaired) electrons. The molecule has 6 heteroatoms. The number of carbonyl (C=O) groups is 2. The Morgan fingerprint density at radius 2 is 1.42 bits per heavy atom. The van der Waals surface area contributed by atoms with E-state index in [1.54, 1.807) is 11.8 Å². The van der Waals surface area contributed by atoms with Crippen molar-refractivity contribution in [1.82, 2.24) is 5.32 Å². The predicted octanol–water partition coefficient (Wildman–Crippen LogP) is 3.81. The zero-order chi connectivity index (χ0) is 18.6. The lowest BCUT2D eigenvalue weighted by molar-refractivity contribution is -0.141. The topological polar surface area (TPSA) is 66.4 Å². The molecule has 0 spiro atoms. The van der Waals surface area contributed by atoms with E-state index in [0.29, 0.717) is 17.9 Å². The summed E-state index contributed by atoms with van der Waals surface area (Å²) in [4.78, 5) is 23.4. The molecule has 2 N–H and O–H groups in total. The highest BCUT2D eigenvalue weighted by molar-refractivity contribution is 7.98. The molecule has 0 aliphatic heterocycles. The van der Waals surface area contributed by atoms with Crippen molar-refractivity contribution in [3.05, 3.63) is 71.8 Å². The number of benzene rings is 2. The average molecular weight is 390 g/mol. The van der Waals surface area contributed by atoms with Gasteiger partial charge in [0, 0.05) is 29.4 Å². The van der Waals surface area contributed by atoms with Gasteiger partial charge in [-0.2, -0.15) is 23.5 Å². The van der Waals surface area contributed by atoms with Crippen LogP contribution in [-0.2, 0) is 21.1 Å². The number of carbonyl (C=O) groups excluding carboxylic acids is 1. The van der Waals surface area contributed by atoms with Crippen molar-refractivity contribution in [3.63, 3.8) is 0 Å². The molecule has 2 aromatic carbocycles. The summed E-state index contributed by atoms with van der Waals surface area (Å²) < 4.78 is 0. The molecule has 26 heavy (non-hydrogen) atoms. The second-order valence-corrected chi connectivity index (χ2v) is 7.88. The van der Waals surface area contributed by atoms with Gasteiger partial charge in [0.25, 0.3) is 0 Å². The first-order valence-corrected chi connectivity index (χ1v) is 10.7. The summed E-state index contributed by atoms with van der Waals surface area (Å²) in [5.74, 6) is 1.41. The van der Waals surface area contributed by atoms with E-state index >= 15 is 0 Å². The summed E-state index contributed by atoms with van der Waals surface area (Å²) in [6, 6.07) is 19.1. The Morgan fingerprint density at radius 3 is 1.96 bits per heavy atom. The summed E-state index contributed by atoms with van der Waals surface area (Å²) in [5, 5.41) is 11.9. The third-order valence-electron chi connectivity index (χ3n) is 3.61. The molecule has 1 atom stereocenters. The molecule has 0 unspecified atom stereocenters. The fourth-order valence-electron chi connectivity index (χ4n) is 2.24. The molecule has 0 fully saturated rings. The summed E-state index contributed by atoms with van der Waals surface area (Å²) in [6.07, 6.45) is 0.324. The zero-order valence-corrected chi connectivity index (χ0v) is 16.1. The summed E-state index contributed by atoms with van der Waals surface area (Å²) >= 11 is 3.18. The van der Waals surface area contributed by atoms with Crippen LogP contribution in [0.5, 0.6) is 0 Å². The van der Waals surface area contributed by atoms with Crippen LogP contribution >= 0.6 is 23.5 Å². The number of thioether (sulfide) groups is 2. The van der Waals surface area contributed by atoms with Crippen LogP contribution in [0.4, 0.5) is 0 Å². The summed E-state index contributed by atoms with van der Waals surface area (Å²) in [6.45, 7) is 0. The van der Waals surface area contributed by atoms with Crippen LogP contribution in [-0.4, -0.2) is 34.5 Å². The van der Waals surface area contributed by atoms with Gasteiger partial charge in [-0.15, -0.1) is 0 Å². The van der Waals surface area contributed by atoms with Gasteiger partial charge >= 0.3 is 5.97 Å². The number of carboxylic acid groups (broad SMARTS) is 1. The van der Waals surface area contributed by atoms with E-state index in [-0.39, 0.29) is 5.91 Å². The fourth-order valence-corrected chi connectivity index (χ4v) is 4.15. The van der Waals surface area contributed by atoms with Gasteiger partial charge in [0.15, 0.2) is 0 Å². The predicted molar refractivity (Wildman–Crippen MR) is 109 cm³/mol. The van der Waals surface area contributed by atoms with Crippen molar-refractivity contribution in [2.45, 2.75) is 24.0 Å². The molecule has 0 aromatic heterocycles. The first kappa shape index (κ1) is 20.4. The van der Waals surface area contributed by atoms with E-state index in [1.165, 1.54) is 17.3 Å². The normalized spacial score (nSPS) is 11.7. The van der Waals surface area contributed by atoms with Gasteiger partial charge in [-0.1, -0.05) is 60.7 Å². The minimum absolute atomic E-state index is 0.210. The number of amides is 1. The lowest BCUT2D eigenvalue weighted by Gasteiger charge is -2.14. The Morgan fingerprint density at radius 1 is 0.885 bits per heavy atom. The van der Waals surface area contributed by atoms with E-state index < -0.39 is 12.0 Å². The molecular formula is C20H23NO3S2. The van der Waals surface area contributed by atoms with Crippen LogP contribution in [0.1, 0.15) is 17.5 Å². The monoisotopic (exact) mass is 389 g/mol. The number of carboxylic acids is 1. The maximum Gasteiger partial charge on any atom is 0.327 e. The van der Waals surface area contributed by atoms with Gasteiger partial charge in [0.1, 0.15) is 6.04 Å². The van der Waals surface area contributed by atoms with Crippen LogP contribution < -0.4 is 5.32 Å². The number of hydrogen-bond donors (Lipinski definition) is 2. The van der Waals surface area contributed by atoms with Gasteiger partial charge in [-0.3, -0.25) is 4.79 Å². The third kappa shape index (κ3) is 7.97. The highest BCUT2D eigenvalue weighted by atomic mass is 32.2. The first-order valence-electron chi connectivity index (χ1n) is 8.40. The fraction of sp³-hybridized carbons (Fsp3) is 0.300. The van der Waals surface area contributed by atoms with E-state index in [1.807, 2.05) is 48.5 Å². The molecule has 0 aliphatic carbocycles. The SMILES string of the molecule is O=C(CCSCc1ccccc1)N[C@@H](CSCc1ccccc1)C(=O)O. The van der Waals surface area contributed by atoms with E-state index in [9.17, 15) is 14.7 Å². The van der Waals surface area contributed by atoms with Crippen LogP contribution in [0, 0.1) is 0 Å². The van der Waals surface area contributed by atoms with Crippen molar-refractivity contribution in [2.24, 2.45) is 0 Å². The molecule has 0 bridgehead atoms. The van der Waals surface area contributed by atoms with Gasteiger partial charge < -0.3 is 10.4 Å². The molecule has 2 aromatic rings. The quantitative estimate of drug-likeness (QED) is 0.572. The van der Waals surface area contributed by atoms with E-state index in [4.69, 9.17) is 0 Å². The highest BCUT2D eigenvalue weighted by Crippen LogP contribution is 2.14. The number of hydrogen-bond acceptors (Lipinski definition) is 4. The Labute approximate surface area is 162 Å². The summed E-state index contributed by atoms with van der Waals surface area (Å²) in [5.41, 5.74) is 2.36. The minimum Gasteiger partial charge on any atom is -0.480 e. The number of aliphatic carboxylic acids is 1. The molecule has 0 saturated heterocycles. The van der Waals surface area contributed by atoms with Crippen LogP contribution in [0.25, 0.3) is 0 Å². The van der Waals surface area contributed by atoms with E-state index in [0.717, 1.165) is 17.1 Å². The molecule has 138 valence electrons. The smallest absolute Gasteiger partial charge is 0.327 e. The Kier molecular flexibility index (Phi) is 9.14. The maximum absolute atomic E-state index is 12.0. The number of rotatable bonds is 11. The lowest BCUT2D eigenvalue weighted by Crippen LogP contribution is -2.42. The van der Waals surface area contributed by atoms with E-state index in [2.05, 4.69) is 17.4 Å². The number of nitrogens with one attached hydrogen (secondary N) is 1. The van der Waals surface area contributed by atoms with Gasteiger partial charge in [-0.05, 0) is 11.1 Å². The molecule has 4 nitrogen and oxygen atoms in total. The Bertz CT molecular complexity index is 680. The second kappa shape index (κ2) is 11.6. The average Bonchev–Trinajstić information content (AvgIpc) is 2.66.